The third-order valence-electron chi connectivity index (χ3n) is 4.69. The van der Waals surface area contributed by atoms with Crippen LogP contribution in [0.15, 0.2) is 0 Å². The highest BCUT2D eigenvalue weighted by molar-refractivity contribution is 5.80. The molecule has 1 aliphatic heterocycles. The molecule has 0 spiro atoms. The molecular formula is C14H25NO2. The zero-order valence-electron chi connectivity index (χ0n) is 11.1. The molecule has 3 atom stereocenters. The second-order valence-electron chi connectivity index (χ2n) is 5.84. The SMILES string of the molecule is CCC(C)C1CCCCC1C(=O)N1CC(O)C1. The number of hydrogen-bond donors (Lipinski definition) is 1. The van der Waals surface area contributed by atoms with Gasteiger partial charge in [-0.25, -0.2) is 0 Å². The van der Waals surface area contributed by atoms with Crippen molar-refractivity contribution in [2.75, 3.05) is 13.1 Å². The summed E-state index contributed by atoms with van der Waals surface area (Å²) < 4.78 is 0. The second kappa shape index (κ2) is 5.38. The van der Waals surface area contributed by atoms with Crippen LogP contribution < -0.4 is 0 Å². The van der Waals surface area contributed by atoms with E-state index in [1.54, 1.807) is 0 Å². The fourth-order valence-electron chi connectivity index (χ4n) is 3.32. The van der Waals surface area contributed by atoms with E-state index < -0.39 is 0 Å². The van der Waals surface area contributed by atoms with Crippen molar-refractivity contribution >= 4 is 5.91 Å². The van der Waals surface area contributed by atoms with Crippen LogP contribution in [0.5, 0.6) is 0 Å². The standard InChI is InChI=1S/C14H25NO2/c1-3-10(2)12-6-4-5-7-13(12)14(17)15-8-11(16)9-15/h10-13,16H,3-9H2,1-2H3. The third kappa shape index (κ3) is 2.65. The van der Waals surface area contributed by atoms with Gasteiger partial charge in [0.15, 0.2) is 0 Å². The lowest BCUT2D eigenvalue weighted by atomic mass is 9.71. The summed E-state index contributed by atoms with van der Waals surface area (Å²) in [6.45, 7) is 5.61. The van der Waals surface area contributed by atoms with Crippen LogP contribution in [-0.2, 0) is 4.79 Å². The molecule has 1 heterocycles. The summed E-state index contributed by atoms with van der Waals surface area (Å²) in [5.74, 6) is 1.75. The van der Waals surface area contributed by atoms with Gasteiger partial charge in [-0.2, -0.15) is 0 Å². The van der Waals surface area contributed by atoms with Crippen molar-refractivity contribution in [3.05, 3.63) is 0 Å². The van der Waals surface area contributed by atoms with Crippen molar-refractivity contribution in [3.63, 3.8) is 0 Å². The molecule has 1 saturated carbocycles. The number of likely N-dealkylation sites (tertiary alicyclic amines) is 1. The first-order chi connectivity index (χ1) is 8.13. The average molecular weight is 239 g/mol. The van der Waals surface area contributed by atoms with Crippen LogP contribution >= 0.6 is 0 Å². The van der Waals surface area contributed by atoms with Gasteiger partial charge in [0.1, 0.15) is 0 Å². The van der Waals surface area contributed by atoms with E-state index in [2.05, 4.69) is 13.8 Å². The van der Waals surface area contributed by atoms with E-state index in [-0.39, 0.29) is 12.0 Å². The Morgan fingerprint density at radius 1 is 1.35 bits per heavy atom. The van der Waals surface area contributed by atoms with Crippen LogP contribution in [0.3, 0.4) is 0 Å². The maximum Gasteiger partial charge on any atom is 0.226 e. The highest BCUT2D eigenvalue weighted by atomic mass is 16.3. The number of carbonyl (C=O) groups excluding carboxylic acids is 1. The minimum Gasteiger partial charge on any atom is -0.389 e. The molecule has 1 amide bonds. The van der Waals surface area contributed by atoms with Gasteiger partial charge in [0.2, 0.25) is 5.91 Å². The molecule has 0 bridgehead atoms. The maximum absolute atomic E-state index is 12.4. The largest absolute Gasteiger partial charge is 0.389 e. The molecule has 1 N–H and O–H groups in total. The molecule has 0 aromatic rings. The second-order valence-corrected chi connectivity index (χ2v) is 5.84. The number of amides is 1. The van der Waals surface area contributed by atoms with Crippen molar-refractivity contribution in [1.82, 2.24) is 4.90 Å². The lowest BCUT2D eigenvalue weighted by Gasteiger charge is -2.42. The first-order valence-electron chi connectivity index (χ1n) is 7.10. The molecule has 1 saturated heterocycles. The van der Waals surface area contributed by atoms with E-state index in [9.17, 15) is 9.90 Å². The Kier molecular flexibility index (Phi) is 4.08. The molecule has 3 unspecified atom stereocenters. The Morgan fingerprint density at radius 2 is 2.00 bits per heavy atom. The van der Waals surface area contributed by atoms with Crippen LogP contribution in [0, 0.1) is 17.8 Å². The van der Waals surface area contributed by atoms with Crippen LogP contribution in [0.25, 0.3) is 0 Å². The van der Waals surface area contributed by atoms with E-state index in [1.807, 2.05) is 4.90 Å². The number of carbonyl (C=O) groups is 1. The lowest BCUT2D eigenvalue weighted by molar-refractivity contribution is -0.149. The molecular weight excluding hydrogens is 214 g/mol. The minimum absolute atomic E-state index is 0.228. The van der Waals surface area contributed by atoms with Gasteiger partial charge in [0.25, 0.3) is 0 Å². The van der Waals surface area contributed by atoms with Gasteiger partial charge in [0.05, 0.1) is 6.10 Å². The number of hydrogen-bond acceptors (Lipinski definition) is 2. The summed E-state index contributed by atoms with van der Waals surface area (Å²) in [6.07, 6.45) is 5.63. The van der Waals surface area contributed by atoms with Gasteiger partial charge >= 0.3 is 0 Å². The van der Waals surface area contributed by atoms with Crippen molar-refractivity contribution in [2.24, 2.45) is 17.8 Å². The number of aliphatic hydroxyl groups is 1. The molecule has 3 nitrogen and oxygen atoms in total. The number of nitrogens with zero attached hydrogens (tertiary/aromatic N) is 1. The molecule has 17 heavy (non-hydrogen) atoms. The summed E-state index contributed by atoms with van der Waals surface area (Å²) >= 11 is 0. The van der Waals surface area contributed by atoms with E-state index in [0.717, 1.165) is 12.8 Å². The Morgan fingerprint density at radius 3 is 2.59 bits per heavy atom. The normalized spacial score (nSPS) is 32.1. The lowest BCUT2D eigenvalue weighted by Crippen LogP contribution is -2.56. The first-order valence-corrected chi connectivity index (χ1v) is 7.10. The Bertz CT molecular complexity index is 273. The third-order valence-corrected chi connectivity index (χ3v) is 4.69. The first kappa shape index (κ1) is 12.9. The fourth-order valence-corrected chi connectivity index (χ4v) is 3.32. The van der Waals surface area contributed by atoms with E-state index in [4.69, 9.17) is 0 Å². The summed E-state index contributed by atoms with van der Waals surface area (Å²) in [6, 6.07) is 0. The predicted molar refractivity (Wildman–Crippen MR) is 67.5 cm³/mol. The molecule has 2 aliphatic rings. The molecule has 0 aromatic carbocycles. The Balaban J connectivity index is 1.98. The monoisotopic (exact) mass is 239 g/mol. The number of rotatable bonds is 3. The smallest absolute Gasteiger partial charge is 0.226 e. The van der Waals surface area contributed by atoms with Gasteiger partial charge in [-0.1, -0.05) is 33.1 Å². The highest BCUT2D eigenvalue weighted by Gasteiger charge is 2.39. The molecule has 2 fully saturated rings. The highest BCUT2D eigenvalue weighted by Crippen LogP contribution is 2.38. The van der Waals surface area contributed by atoms with Gasteiger partial charge in [-0.3, -0.25) is 4.79 Å². The maximum atomic E-state index is 12.4. The van der Waals surface area contributed by atoms with Gasteiger partial charge in [-0.05, 0) is 24.7 Å². The van der Waals surface area contributed by atoms with Gasteiger partial charge in [0, 0.05) is 19.0 Å². The van der Waals surface area contributed by atoms with Crippen LogP contribution in [-0.4, -0.2) is 35.1 Å². The molecule has 0 aromatic heterocycles. The predicted octanol–water partition coefficient (Wildman–Crippen LogP) is 2.04. The van der Waals surface area contributed by atoms with Crippen molar-refractivity contribution in [1.29, 1.82) is 0 Å². The molecule has 98 valence electrons. The summed E-state index contributed by atoms with van der Waals surface area (Å²) in [5, 5.41) is 9.29. The Hall–Kier alpha value is -0.570. The molecule has 2 rings (SSSR count). The van der Waals surface area contributed by atoms with Crippen molar-refractivity contribution in [3.8, 4) is 0 Å². The Labute approximate surface area is 104 Å². The van der Waals surface area contributed by atoms with E-state index in [1.165, 1.54) is 19.3 Å². The van der Waals surface area contributed by atoms with Crippen LogP contribution in [0.4, 0.5) is 0 Å². The molecule has 1 aliphatic carbocycles. The van der Waals surface area contributed by atoms with Crippen LogP contribution in [0.1, 0.15) is 46.0 Å². The van der Waals surface area contributed by atoms with E-state index in [0.29, 0.717) is 30.8 Å². The summed E-state index contributed by atoms with van der Waals surface area (Å²) in [7, 11) is 0. The fraction of sp³-hybridized carbons (Fsp3) is 0.929. The van der Waals surface area contributed by atoms with Crippen LogP contribution in [0.2, 0.25) is 0 Å². The average Bonchev–Trinajstić information content (AvgIpc) is 2.33. The van der Waals surface area contributed by atoms with Gasteiger partial charge < -0.3 is 10.0 Å². The topological polar surface area (TPSA) is 40.5 Å². The van der Waals surface area contributed by atoms with E-state index >= 15 is 0 Å². The summed E-state index contributed by atoms with van der Waals surface area (Å²) in [4.78, 5) is 14.2. The molecule has 3 heteroatoms. The van der Waals surface area contributed by atoms with Crippen molar-refractivity contribution < 1.29 is 9.90 Å². The molecule has 0 radical (unpaired) electrons. The quantitative estimate of drug-likeness (QED) is 0.819. The van der Waals surface area contributed by atoms with Gasteiger partial charge in [-0.15, -0.1) is 0 Å². The van der Waals surface area contributed by atoms with Crippen molar-refractivity contribution in [2.45, 2.75) is 52.1 Å². The number of aliphatic hydroxyl groups excluding tert-OH is 1. The zero-order valence-corrected chi connectivity index (χ0v) is 11.1. The minimum atomic E-state index is -0.274. The number of β-amino-alcohol motifs (C(OH)–C–C–N with tert-alkyl or cyclic N) is 1. The summed E-state index contributed by atoms with van der Waals surface area (Å²) in [5.41, 5.74) is 0. The zero-order chi connectivity index (χ0) is 12.4.